The number of esters is 1. The summed E-state index contributed by atoms with van der Waals surface area (Å²) in [6, 6.07) is 22.5. The lowest BCUT2D eigenvalue weighted by molar-refractivity contribution is -0.151. The van der Waals surface area contributed by atoms with Crippen LogP contribution in [0, 0.1) is 0 Å². The van der Waals surface area contributed by atoms with E-state index in [0.29, 0.717) is 15.6 Å². The predicted octanol–water partition coefficient (Wildman–Crippen LogP) is 6.20. The van der Waals surface area contributed by atoms with E-state index in [0.717, 1.165) is 11.1 Å². The molecule has 0 bridgehead atoms. The van der Waals surface area contributed by atoms with Crippen molar-refractivity contribution in [2.75, 3.05) is 6.54 Å². The zero-order valence-corrected chi connectivity index (χ0v) is 23.7. The number of rotatable bonds is 10. The van der Waals surface area contributed by atoms with Crippen LogP contribution in [0.25, 0.3) is 0 Å². The molecule has 0 unspecified atom stereocenters. The fourth-order valence-electron chi connectivity index (χ4n) is 3.73. The van der Waals surface area contributed by atoms with E-state index in [2.05, 4.69) is 5.32 Å². The number of carbonyl (C=O) groups is 3. The number of alkyl carbamates (subject to hydrolysis) is 1. The molecule has 0 saturated carbocycles. The van der Waals surface area contributed by atoms with Crippen molar-refractivity contribution in [3.8, 4) is 0 Å². The van der Waals surface area contributed by atoms with Crippen molar-refractivity contribution in [1.29, 1.82) is 0 Å². The molecule has 3 aromatic rings. The second-order valence-corrected chi connectivity index (χ2v) is 10.8. The summed E-state index contributed by atoms with van der Waals surface area (Å²) in [4.78, 5) is 40.8. The van der Waals surface area contributed by atoms with Crippen molar-refractivity contribution in [2.24, 2.45) is 0 Å². The zero-order chi connectivity index (χ0) is 28.4. The molecule has 0 aliphatic heterocycles. The maximum atomic E-state index is 13.9. The second kappa shape index (κ2) is 14.0. The number of nitrogens with one attached hydrogen (secondary N) is 1. The minimum absolute atomic E-state index is 0.0793. The van der Waals surface area contributed by atoms with E-state index < -0.39 is 29.6 Å². The van der Waals surface area contributed by atoms with E-state index in [9.17, 15) is 14.4 Å². The van der Waals surface area contributed by atoms with Gasteiger partial charge in [0.25, 0.3) is 0 Å². The molecule has 9 heteroatoms. The van der Waals surface area contributed by atoms with Gasteiger partial charge in [-0.3, -0.25) is 9.59 Å². The fraction of sp³-hybridized carbons (Fsp3) is 0.300. The minimum atomic E-state index is -1.05. The standard InChI is InChI=1S/C30H32Cl2N2O5/c1-30(2,3)39-29(37)33-26(17-23-14-15-24(31)25(32)16-23)28(36)34(18-21-10-6-4-7-11-21)19-27(35)38-20-22-12-8-5-9-13-22/h4-16,26H,17-20H2,1-3H3,(H,33,37)/t26-/m1/s1. The Morgan fingerprint density at radius 3 is 2.05 bits per heavy atom. The third-order valence-corrected chi connectivity index (χ3v) is 6.24. The molecule has 1 N–H and O–H groups in total. The highest BCUT2D eigenvalue weighted by Gasteiger charge is 2.30. The maximum Gasteiger partial charge on any atom is 0.408 e. The quantitative estimate of drug-likeness (QED) is 0.293. The normalized spacial score (nSPS) is 11.8. The first-order chi connectivity index (χ1) is 18.5. The van der Waals surface area contributed by atoms with Crippen LogP contribution < -0.4 is 5.32 Å². The third-order valence-electron chi connectivity index (χ3n) is 5.50. The molecule has 39 heavy (non-hydrogen) atoms. The lowest BCUT2D eigenvalue weighted by atomic mass is 10.0. The molecule has 0 aliphatic rings. The SMILES string of the molecule is CC(C)(C)OC(=O)N[C@H](Cc1ccc(Cl)c(Cl)c1)C(=O)N(CC(=O)OCc1ccccc1)Cc1ccccc1. The van der Waals surface area contributed by atoms with Crippen LogP contribution >= 0.6 is 23.2 Å². The van der Waals surface area contributed by atoms with E-state index in [1.165, 1.54) is 4.90 Å². The summed E-state index contributed by atoms with van der Waals surface area (Å²) in [7, 11) is 0. The average molecular weight is 572 g/mol. The molecular formula is C30H32Cl2N2O5. The van der Waals surface area contributed by atoms with Crippen LogP contribution in [0.5, 0.6) is 0 Å². The highest BCUT2D eigenvalue weighted by molar-refractivity contribution is 6.42. The van der Waals surface area contributed by atoms with Gasteiger partial charge >= 0.3 is 12.1 Å². The van der Waals surface area contributed by atoms with Crippen LogP contribution in [0.3, 0.4) is 0 Å². The number of benzene rings is 3. The molecule has 0 aromatic heterocycles. The first-order valence-corrected chi connectivity index (χ1v) is 13.2. The number of hydrogen-bond donors (Lipinski definition) is 1. The van der Waals surface area contributed by atoms with Gasteiger partial charge in [-0.1, -0.05) is 89.9 Å². The molecule has 3 rings (SSSR count). The van der Waals surface area contributed by atoms with Gasteiger partial charge in [-0.15, -0.1) is 0 Å². The van der Waals surface area contributed by atoms with Crippen LogP contribution in [-0.2, 0) is 38.6 Å². The second-order valence-electron chi connectivity index (χ2n) is 9.98. The average Bonchev–Trinajstić information content (AvgIpc) is 2.88. The summed E-state index contributed by atoms with van der Waals surface area (Å²) in [6.07, 6.45) is -0.661. The molecule has 0 fully saturated rings. The molecule has 7 nitrogen and oxygen atoms in total. The molecule has 0 spiro atoms. The molecule has 0 aliphatic carbocycles. The Labute approximate surface area is 239 Å². The van der Waals surface area contributed by atoms with E-state index in [1.54, 1.807) is 39.0 Å². The van der Waals surface area contributed by atoms with Gasteiger partial charge in [0.2, 0.25) is 5.91 Å². The molecule has 0 radical (unpaired) electrons. The molecule has 0 heterocycles. The smallest absolute Gasteiger partial charge is 0.408 e. The van der Waals surface area contributed by atoms with E-state index in [4.69, 9.17) is 32.7 Å². The van der Waals surface area contributed by atoms with Crippen molar-refractivity contribution in [1.82, 2.24) is 10.2 Å². The van der Waals surface area contributed by atoms with Gasteiger partial charge in [0, 0.05) is 13.0 Å². The van der Waals surface area contributed by atoms with Crippen LogP contribution in [0.4, 0.5) is 4.79 Å². The van der Waals surface area contributed by atoms with Gasteiger partial charge in [0.05, 0.1) is 10.0 Å². The van der Waals surface area contributed by atoms with Gasteiger partial charge in [0.15, 0.2) is 0 Å². The maximum absolute atomic E-state index is 13.9. The summed E-state index contributed by atoms with van der Waals surface area (Å²) < 4.78 is 10.8. The van der Waals surface area contributed by atoms with Gasteiger partial charge in [-0.05, 0) is 49.6 Å². The molecule has 3 aromatic carbocycles. The summed E-state index contributed by atoms with van der Waals surface area (Å²) in [5.74, 6) is -1.05. The largest absolute Gasteiger partial charge is 0.459 e. The summed E-state index contributed by atoms with van der Waals surface area (Å²) in [5, 5.41) is 3.37. The van der Waals surface area contributed by atoms with Crippen molar-refractivity contribution >= 4 is 41.2 Å². The topological polar surface area (TPSA) is 84.9 Å². The molecule has 0 saturated heterocycles. The van der Waals surface area contributed by atoms with Crippen molar-refractivity contribution in [3.63, 3.8) is 0 Å². The van der Waals surface area contributed by atoms with Crippen molar-refractivity contribution < 1.29 is 23.9 Å². The molecule has 2 amide bonds. The predicted molar refractivity (Wildman–Crippen MR) is 151 cm³/mol. The van der Waals surface area contributed by atoms with E-state index in [1.807, 2.05) is 60.7 Å². The summed E-state index contributed by atoms with van der Waals surface area (Å²) >= 11 is 12.3. The highest BCUT2D eigenvalue weighted by atomic mass is 35.5. The van der Waals surface area contributed by atoms with Crippen molar-refractivity contribution in [3.05, 3.63) is 106 Å². The lowest BCUT2D eigenvalue weighted by Gasteiger charge is -2.28. The summed E-state index contributed by atoms with van der Waals surface area (Å²) in [5.41, 5.74) is 1.54. The zero-order valence-electron chi connectivity index (χ0n) is 22.2. The molecule has 206 valence electrons. The Kier molecular flexibility index (Phi) is 10.8. The minimum Gasteiger partial charge on any atom is -0.459 e. The van der Waals surface area contributed by atoms with Gasteiger partial charge in [0.1, 0.15) is 24.8 Å². The van der Waals surface area contributed by atoms with Crippen LogP contribution in [-0.4, -0.2) is 41.1 Å². The number of carbonyl (C=O) groups excluding carboxylic acids is 3. The monoisotopic (exact) mass is 570 g/mol. The Morgan fingerprint density at radius 2 is 1.46 bits per heavy atom. The van der Waals surface area contributed by atoms with Gasteiger partial charge < -0.3 is 19.7 Å². The number of hydrogen-bond acceptors (Lipinski definition) is 5. The Balaban J connectivity index is 1.84. The molecule has 1 atom stereocenters. The Morgan fingerprint density at radius 1 is 0.846 bits per heavy atom. The van der Waals surface area contributed by atoms with Gasteiger partial charge in [-0.2, -0.15) is 0 Å². The lowest BCUT2D eigenvalue weighted by Crippen LogP contribution is -2.51. The number of amides is 2. The fourth-order valence-corrected chi connectivity index (χ4v) is 4.05. The van der Waals surface area contributed by atoms with Crippen LogP contribution in [0.1, 0.15) is 37.5 Å². The first-order valence-electron chi connectivity index (χ1n) is 12.5. The summed E-state index contributed by atoms with van der Waals surface area (Å²) in [6.45, 7) is 5.09. The first kappa shape index (κ1) is 30.0. The number of nitrogens with zero attached hydrogens (tertiary/aromatic N) is 1. The van der Waals surface area contributed by atoms with Gasteiger partial charge in [-0.25, -0.2) is 4.79 Å². The van der Waals surface area contributed by atoms with Crippen molar-refractivity contribution in [2.45, 2.75) is 52.0 Å². The van der Waals surface area contributed by atoms with E-state index in [-0.39, 0.29) is 26.1 Å². The highest BCUT2D eigenvalue weighted by Crippen LogP contribution is 2.24. The van der Waals surface area contributed by atoms with E-state index >= 15 is 0 Å². The number of halogens is 2. The Bertz CT molecular complexity index is 1260. The van der Waals surface area contributed by atoms with Crippen LogP contribution in [0.2, 0.25) is 10.0 Å². The van der Waals surface area contributed by atoms with Crippen LogP contribution in [0.15, 0.2) is 78.9 Å². The number of ether oxygens (including phenoxy) is 2. The third kappa shape index (κ3) is 10.3. The molecular weight excluding hydrogens is 539 g/mol. The Hall–Kier alpha value is -3.55.